The molecule has 73 heavy (non-hydrogen) atoms. The van der Waals surface area contributed by atoms with Crippen LogP contribution in [-0.4, -0.2) is 113 Å². The molecule has 1 aliphatic rings. The molecule has 18 nitrogen and oxygen atoms in total. The van der Waals surface area contributed by atoms with Crippen LogP contribution >= 0.6 is 8.03 Å². The summed E-state index contributed by atoms with van der Waals surface area (Å²) in [6.07, 6.45) is -0.666. The lowest BCUT2D eigenvalue weighted by Crippen LogP contribution is -2.44. The molecule has 1 fully saturated rings. The van der Waals surface area contributed by atoms with Crippen molar-refractivity contribution in [3.05, 3.63) is 142 Å². The van der Waals surface area contributed by atoms with Crippen LogP contribution in [0, 0.1) is 5.92 Å². The van der Waals surface area contributed by atoms with Crippen LogP contribution in [0.2, 0.25) is 0 Å². The first-order valence-electron chi connectivity index (χ1n) is 24.4. The van der Waals surface area contributed by atoms with Crippen LogP contribution in [0.1, 0.15) is 88.9 Å². The number of carbonyl (C=O) groups is 2. The van der Waals surface area contributed by atoms with E-state index >= 15 is 4.57 Å². The lowest BCUT2D eigenvalue weighted by molar-refractivity contribution is -0.247. The topological polar surface area (TPSA) is 198 Å². The first-order valence-corrected chi connectivity index (χ1v) is 25.6. The molecule has 4 aromatic carbocycles. The van der Waals surface area contributed by atoms with Gasteiger partial charge < -0.3 is 28.6 Å². The van der Waals surface area contributed by atoms with Gasteiger partial charge in [-0.05, 0) is 111 Å². The number of anilines is 1. The molecule has 4 atom stereocenters. The summed E-state index contributed by atoms with van der Waals surface area (Å²) in [5.41, 5.74) is -1.27. The Kier molecular flexibility index (Phi) is 17.5. The molecule has 7 rings (SSSR count). The minimum atomic E-state index is -2.98. The molecule has 3 heterocycles. The zero-order valence-electron chi connectivity index (χ0n) is 43.4. The Labute approximate surface area is 427 Å². The van der Waals surface area contributed by atoms with Gasteiger partial charge >= 0.3 is 13.5 Å². The summed E-state index contributed by atoms with van der Waals surface area (Å²) < 4.78 is 54.5. The maximum Gasteiger partial charge on any atom is 0.568 e. The molecule has 1 saturated heterocycles. The number of carbonyl (C=O) groups excluding carboxylic acids is 2. The number of aromatic amines is 1. The number of ether oxygens (including phenoxy) is 5. The van der Waals surface area contributed by atoms with Gasteiger partial charge in [-0.25, -0.2) is 9.55 Å². The summed E-state index contributed by atoms with van der Waals surface area (Å²) in [5.74, 6) is 0.676. The average Bonchev–Trinajstić information content (AvgIpc) is 4.00. The van der Waals surface area contributed by atoms with Crippen molar-refractivity contribution < 1.29 is 47.2 Å². The monoisotopic (exact) mass is 1020 g/mol. The fourth-order valence-electron chi connectivity index (χ4n) is 8.95. The number of imidazole rings is 1. The van der Waals surface area contributed by atoms with Gasteiger partial charge in [-0.2, -0.15) is 10.0 Å². The predicted molar refractivity (Wildman–Crippen MR) is 277 cm³/mol. The molecule has 6 aromatic rings. The highest BCUT2D eigenvalue weighted by Crippen LogP contribution is 2.55. The van der Waals surface area contributed by atoms with Crippen LogP contribution in [0.15, 0.2) is 114 Å². The SMILES string of the molecule is COc1ccc(C(=O)N(CCO[P+](=O)[C@]2(n3cnc4c(=O)[nH]c(NC(=O)C(C)C)nc43)C[C@H](ON(C(C)C)C(C)C)[C@@H](COC(c3ccccc3)(c3ccc(OC)cc3)c3ccc(OC)cc3)O2)C(C)C)cc1. The molecule has 0 bridgehead atoms. The highest BCUT2D eigenvalue weighted by Gasteiger charge is 2.66. The van der Waals surface area contributed by atoms with Crippen molar-refractivity contribution in [1.29, 1.82) is 0 Å². The second-order valence-corrected chi connectivity index (χ2v) is 20.3. The van der Waals surface area contributed by atoms with Gasteiger partial charge in [0.15, 0.2) is 11.2 Å². The molecule has 0 radical (unpaired) electrons. The van der Waals surface area contributed by atoms with E-state index in [2.05, 4.69) is 20.3 Å². The molecule has 2 N–H and O–H groups in total. The number of amides is 2. The summed E-state index contributed by atoms with van der Waals surface area (Å²) in [6.45, 7) is 14.9. The van der Waals surface area contributed by atoms with E-state index in [9.17, 15) is 14.4 Å². The van der Waals surface area contributed by atoms with Crippen LogP contribution in [-0.2, 0) is 39.3 Å². The zero-order valence-corrected chi connectivity index (χ0v) is 44.3. The molecule has 0 spiro atoms. The largest absolute Gasteiger partial charge is 0.568 e. The number of hydroxylamine groups is 2. The number of nitrogens with zero attached hydrogens (tertiary/aromatic N) is 5. The molecular formula is C54H67N7O11P+. The number of benzene rings is 4. The minimum absolute atomic E-state index is 0.0340. The molecule has 0 aliphatic carbocycles. The van der Waals surface area contributed by atoms with E-state index in [1.807, 2.05) is 125 Å². The third kappa shape index (κ3) is 11.6. The number of methoxy groups -OCH3 is 3. The van der Waals surface area contributed by atoms with Crippen molar-refractivity contribution in [2.45, 2.75) is 103 Å². The second-order valence-electron chi connectivity index (χ2n) is 18.9. The lowest BCUT2D eigenvalue weighted by atomic mass is 9.80. The van der Waals surface area contributed by atoms with Gasteiger partial charge in [0.25, 0.3) is 11.5 Å². The molecule has 1 aliphatic heterocycles. The van der Waals surface area contributed by atoms with Crippen molar-refractivity contribution in [3.8, 4) is 17.2 Å². The minimum Gasteiger partial charge on any atom is -0.497 e. The standard InChI is InChI=1S/C54H66N7O11P/c1-34(2)49(62)57-52-56-48-47(50(63)58-52)55-33-60(48)53(73(65)70-30-29-59(35(3)4)51(64)38-17-23-42(66-9)24-18-38)31-45(72-61(36(5)6)37(7)8)46(71-53)32-69-54(39-15-13-12-14-16-39,40-19-25-43(67-10)26-20-40)41-21-27-44(68-11)28-22-41/h12-28,33-37,45-46H,29-32H2,1-11H3,(H-,56,57,58,62,63)/p+1/t45-,46+,53-/m0/s1. The van der Waals surface area contributed by atoms with Crippen LogP contribution in [0.4, 0.5) is 5.95 Å². The highest BCUT2D eigenvalue weighted by molar-refractivity contribution is 7.40. The van der Waals surface area contributed by atoms with Crippen LogP contribution in [0.5, 0.6) is 17.2 Å². The van der Waals surface area contributed by atoms with Crippen molar-refractivity contribution >= 4 is 37.0 Å². The molecule has 19 heteroatoms. The zero-order chi connectivity index (χ0) is 52.6. The maximum atomic E-state index is 15.6. The number of H-pyrrole nitrogens is 1. The lowest BCUT2D eigenvalue weighted by Gasteiger charge is -2.38. The Bertz CT molecular complexity index is 2820. The van der Waals surface area contributed by atoms with E-state index in [-0.39, 0.29) is 67.3 Å². The molecule has 2 aromatic heterocycles. The molecule has 1 unspecified atom stereocenters. The number of aromatic nitrogens is 4. The van der Waals surface area contributed by atoms with Gasteiger partial charge in [0.2, 0.25) is 11.9 Å². The Hall–Kier alpha value is -6.53. The Balaban J connectivity index is 1.36. The van der Waals surface area contributed by atoms with Gasteiger partial charge in [-0.15, -0.1) is 4.52 Å². The van der Waals surface area contributed by atoms with E-state index in [0.29, 0.717) is 22.8 Å². The van der Waals surface area contributed by atoms with Crippen molar-refractivity contribution in [1.82, 2.24) is 29.5 Å². The van der Waals surface area contributed by atoms with Crippen molar-refractivity contribution in [2.75, 3.05) is 46.4 Å². The summed E-state index contributed by atoms with van der Waals surface area (Å²) in [6, 6.07) is 31.4. The van der Waals surface area contributed by atoms with E-state index < -0.39 is 48.7 Å². The summed E-state index contributed by atoms with van der Waals surface area (Å²) in [4.78, 5) is 60.9. The molecule has 0 saturated carbocycles. The smallest absolute Gasteiger partial charge is 0.497 e. The van der Waals surface area contributed by atoms with Crippen LogP contribution in [0.3, 0.4) is 0 Å². The summed E-state index contributed by atoms with van der Waals surface area (Å²) >= 11 is 0. The predicted octanol–water partition coefficient (Wildman–Crippen LogP) is 8.88. The van der Waals surface area contributed by atoms with Crippen molar-refractivity contribution in [3.63, 3.8) is 0 Å². The third-order valence-corrected chi connectivity index (χ3v) is 14.2. The number of nitrogens with one attached hydrogen (secondary N) is 2. The van der Waals surface area contributed by atoms with Gasteiger partial charge in [0.05, 0.1) is 34.4 Å². The van der Waals surface area contributed by atoms with Crippen molar-refractivity contribution in [2.24, 2.45) is 5.92 Å². The Morgan fingerprint density at radius 2 is 1.36 bits per heavy atom. The third-order valence-electron chi connectivity index (χ3n) is 12.7. The Morgan fingerprint density at radius 3 is 1.88 bits per heavy atom. The highest BCUT2D eigenvalue weighted by atomic mass is 31.1. The Morgan fingerprint density at radius 1 is 0.808 bits per heavy atom. The van der Waals surface area contributed by atoms with Gasteiger partial charge in [-0.3, -0.25) is 29.5 Å². The fourth-order valence-corrected chi connectivity index (χ4v) is 10.3. The number of hydrogen-bond acceptors (Lipinski definition) is 14. The van der Waals surface area contributed by atoms with Crippen LogP contribution < -0.4 is 25.1 Å². The van der Waals surface area contributed by atoms with E-state index in [0.717, 1.165) is 16.7 Å². The van der Waals surface area contributed by atoms with E-state index in [1.165, 1.54) is 10.9 Å². The quantitative estimate of drug-likeness (QED) is 0.0351. The molecular weight excluding hydrogens is 954 g/mol. The van der Waals surface area contributed by atoms with Gasteiger partial charge in [0, 0.05) is 36.2 Å². The first-order chi connectivity index (χ1) is 35.0. The van der Waals surface area contributed by atoms with Gasteiger partial charge in [-0.1, -0.05) is 68.4 Å². The summed E-state index contributed by atoms with van der Waals surface area (Å²) in [5, 5.41) is 4.52. The fraction of sp³-hybridized carbons (Fsp3) is 0.426. The van der Waals surface area contributed by atoms with E-state index in [1.54, 1.807) is 64.3 Å². The summed E-state index contributed by atoms with van der Waals surface area (Å²) in [7, 11) is 1.79. The average molecular weight is 1020 g/mol. The second kappa shape index (κ2) is 23.6. The first kappa shape index (κ1) is 54.2. The molecule has 2 amide bonds. The van der Waals surface area contributed by atoms with E-state index in [4.69, 9.17) is 33.0 Å². The van der Waals surface area contributed by atoms with Gasteiger partial charge in [0.1, 0.15) is 48.0 Å². The normalized spacial score (nSPS) is 17.2. The number of hydrogen-bond donors (Lipinski definition) is 2. The number of rotatable bonds is 23. The van der Waals surface area contributed by atoms with Crippen LogP contribution in [0.25, 0.3) is 11.2 Å². The maximum absolute atomic E-state index is 15.6. The number of fused-ring (bicyclic) bond motifs is 1. The molecule has 388 valence electrons.